The molecular formula is C18H18ClNOS. The van der Waals surface area contributed by atoms with Crippen molar-refractivity contribution in [1.82, 2.24) is 4.90 Å². The Labute approximate surface area is 140 Å². The van der Waals surface area contributed by atoms with Gasteiger partial charge in [0.25, 0.3) is 0 Å². The molecule has 0 saturated heterocycles. The maximum absolute atomic E-state index is 12.7. The minimum Gasteiger partial charge on any atom is -0.337 e. The van der Waals surface area contributed by atoms with E-state index in [1.807, 2.05) is 42.2 Å². The van der Waals surface area contributed by atoms with Gasteiger partial charge in [-0.15, -0.1) is 11.8 Å². The summed E-state index contributed by atoms with van der Waals surface area (Å²) in [6.07, 6.45) is 0.936. The van der Waals surface area contributed by atoms with E-state index in [1.54, 1.807) is 0 Å². The van der Waals surface area contributed by atoms with Gasteiger partial charge in [0.1, 0.15) is 0 Å². The van der Waals surface area contributed by atoms with Crippen molar-refractivity contribution in [2.24, 2.45) is 0 Å². The van der Waals surface area contributed by atoms with Gasteiger partial charge in [0.05, 0.1) is 10.3 Å². The quantitative estimate of drug-likeness (QED) is 0.777. The summed E-state index contributed by atoms with van der Waals surface area (Å²) in [5, 5.41) is 0.571. The molecule has 4 heteroatoms. The molecule has 0 fully saturated rings. The van der Waals surface area contributed by atoms with Gasteiger partial charge in [0.2, 0.25) is 5.91 Å². The van der Waals surface area contributed by atoms with E-state index in [4.69, 9.17) is 11.6 Å². The number of nitrogens with zero attached hydrogens (tertiary/aromatic N) is 1. The highest BCUT2D eigenvalue weighted by molar-refractivity contribution is 8.00. The van der Waals surface area contributed by atoms with Crippen molar-refractivity contribution in [3.63, 3.8) is 0 Å². The lowest BCUT2D eigenvalue weighted by molar-refractivity contribution is -0.131. The Bertz CT molecular complexity index is 688. The van der Waals surface area contributed by atoms with Gasteiger partial charge < -0.3 is 4.90 Å². The first-order valence-corrected chi connectivity index (χ1v) is 8.67. The molecule has 1 aliphatic rings. The van der Waals surface area contributed by atoms with E-state index in [9.17, 15) is 4.79 Å². The first-order valence-electron chi connectivity index (χ1n) is 7.42. The Morgan fingerprint density at radius 3 is 2.59 bits per heavy atom. The molecule has 0 saturated carbocycles. The van der Waals surface area contributed by atoms with Crippen LogP contribution in [0.3, 0.4) is 0 Å². The largest absolute Gasteiger partial charge is 0.337 e. The Morgan fingerprint density at radius 2 is 1.82 bits per heavy atom. The van der Waals surface area contributed by atoms with Gasteiger partial charge in [-0.3, -0.25) is 4.79 Å². The molecule has 1 atom stereocenters. The zero-order chi connectivity index (χ0) is 15.5. The first kappa shape index (κ1) is 15.4. The van der Waals surface area contributed by atoms with E-state index >= 15 is 0 Å². The number of thioether (sulfide) groups is 1. The molecule has 1 amide bonds. The first-order chi connectivity index (χ1) is 10.6. The van der Waals surface area contributed by atoms with Crippen molar-refractivity contribution in [1.29, 1.82) is 0 Å². The number of hydrogen-bond acceptors (Lipinski definition) is 2. The molecule has 2 nitrogen and oxygen atoms in total. The van der Waals surface area contributed by atoms with E-state index < -0.39 is 0 Å². The molecule has 1 heterocycles. The molecule has 0 spiro atoms. The fourth-order valence-electron chi connectivity index (χ4n) is 2.72. The molecule has 2 aromatic rings. The van der Waals surface area contributed by atoms with E-state index in [0.29, 0.717) is 11.6 Å². The van der Waals surface area contributed by atoms with E-state index in [-0.39, 0.29) is 11.2 Å². The van der Waals surface area contributed by atoms with Crippen LogP contribution in [-0.4, -0.2) is 22.6 Å². The predicted octanol–water partition coefficient (Wildman–Crippen LogP) is 4.41. The van der Waals surface area contributed by atoms with E-state index in [0.717, 1.165) is 17.9 Å². The Balaban J connectivity index is 1.68. The smallest absolute Gasteiger partial charge is 0.236 e. The third-order valence-electron chi connectivity index (χ3n) is 3.93. The zero-order valence-corrected chi connectivity index (χ0v) is 14.0. The SMILES string of the molecule is CC(Sc1ccccc1Cl)C(=O)N1CCc2ccccc2C1. The molecule has 0 aromatic heterocycles. The summed E-state index contributed by atoms with van der Waals surface area (Å²) in [5.41, 5.74) is 2.62. The third kappa shape index (κ3) is 3.31. The number of halogens is 1. The maximum Gasteiger partial charge on any atom is 0.236 e. The molecule has 114 valence electrons. The lowest BCUT2D eigenvalue weighted by Crippen LogP contribution is -2.40. The van der Waals surface area contributed by atoms with Crippen molar-refractivity contribution >= 4 is 29.3 Å². The molecule has 1 aliphatic heterocycles. The van der Waals surface area contributed by atoms with E-state index in [2.05, 4.69) is 18.2 Å². The number of carbonyl (C=O) groups excluding carboxylic acids is 1. The number of fused-ring (bicyclic) bond motifs is 1. The van der Waals surface area contributed by atoms with Crippen molar-refractivity contribution in [2.75, 3.05) is 6.54 Å². The van der Waals surface area contributed by atoms with Crippen LogP contribution in [0.1, 0.15) is 18.1 Å². The molecular weight excluding hydrogens is 314 g/mol. The van der Waals surface area contributed by atoms with Crippen LogP contribution in [0.4, 0.5) is 0 Å². The van der Waals surface area contributed by atoms with Gasteiger partial charge in [-0.2, -0.15) is 0 Å². The summed E-state index contributed by atoms with van der Waals surface area (Å²) in [4.78, 5) is 15.6. The summed E-state index contributed by atoms with van der Waals surface area (Å²) in [6.45, 7) is 3.46. The van der Waals surface area contributed by atoms with Crippen molar-refractivity contribution in [3.05, 3.63) is 64.7 Å². The highest BCUT2D eigenvalue weighted by atomic mass is 35.5. The van der Waals surface area contributed by atoms with Crippen LogP contribution in [0.2, 0.25) is 5.02 Å². The van der Waals surface area contributed by atoms with E-state index in [1.165, 1.54) is 22.9 Å². The Kier molecular flexibility index (Phi) is 4.74. The lowest BCUT2D eigenvalue weighted by Gasteiger charge is -2.30. The minimum absolute atomic E-state index is 0.134. The number of amides is 1. The number of carbonyl (C=O) groups is 1. The van der Waals surface area contributed by atoms with Crippen molar-refractivity contribution in [3.8, 4) is 0 Å². The van der Waals surface area contributed by atoms with Gasteiger partial charge in [0.15, 0.2) is 0 Å². The van der Waals surface area contributed by atoms with Gasteiger partial charge in [-0.1, -0.05) is 48.0 Å². The van der Waals surface area contributed by atoms with Crippen molar-refractivity contribution < 1.29 is 4.79 Å². The monoisotopic (exact) mass is 331 g/mol. The minimum atomic E-state index is -0.134. The van der Waals surface area contributed by atoms with Gasteiger partial charge in [-0.05, 0) is 36.6 Å². The standard InChI is InChI=1S/C18H18ClNOS/c1-13(22-17-9-5-4-8-16(17)19)18(21)20-11-10-14-6-2-3-7-15(14)12-20/h2-9,13H,10-12H2,1H3. The second-order valence-corrected chi connectivity index (χ2v) is 7.26. The van der Waals surface area contributed by atoms with Crippen molar-refractivity contribution in [2.45, 2.75) is 30.0 Å². The Morgan fingerprint density at radius 1 is 1.14 bits per heavy atom. The highest BCUT2D eigenvalue weighted by Crippen LogP contribution is 2.31. The van der Waals surface area contributed by atoms with Crippen LogP contribution in [0.15, 0.2) is 53.4 Å². The van der Waals surface area contributed by atoms with Gasteiger partial charge in [-0.25, -0.2) is 0 Å². The maximum atomic E-state index is 12.7. The number of hydrogen-bond donors (Lipinski definition) is 0. The third-order valence-corrected chi connectivity index (χ3v) is 5.54. The average Bonchev–Trinajstić information content (AvgIpc) is 2.55. The molecule has 3 rings (SSSR count). The Hall–Kier alpha value is -1.45. The van der Waals surface area contributed by atoms with Crippen LogP contribution in [0.25, 0.3) is 0 Å². The fraction of sp³-hybridized carbons (Fsp3) is 0.278. The van der Waals surface area contributed by atoms with Crippen LogP contribution < -0.4 is 0 Å². The molecule has 2 aromatic carbocycles. The topological polar surface area (TPSA) is 20.3 Å². The fourth-order valence-corrected chi connectivity index (χ4v) is 3.96. The van der Waals surface area contributed by atoms with Crippen LogP contribution in [0.5, 0.6) is 0 Å². The number of benzene rings is 2. The second-order valence-electron chi connectivity index (χ2n) is 5.47. The molecule has 0 bridgehead atoms. The lowest BCUT2D eigenvalue weighted by atomic mass is 10.00. The number of rotatable bonds is 3. The summed E-state index contributed by atoms with van der Waals surface area (Å²) in [6, 6.07) is 16.0. The summed E-state index contributed by atoms with van der Waals surface area (Å²) in [5.74, 6) is 0.180. The summed E-state index contributed by atoms with van der Waals surface area (Å²) < 4.78 is 0. The van der Waals surface area contributed by atoms with Crippen LogP contribution in [-0.2, 0) is 17.8 Å². The van der Waals surface area contributed by atoms with Gasteiger partial charge >= 0.3 is 0 Å². The second kappa shape index (κ2) is 6.76. The van der Waals surface area contributed by atoms with Gasteiger partial charge in [0, 0.05) is 18.0 Å². The molecule has 0 radical (unpaired) electrons. The average molecular weight is 332 g/mol. The molecule has 1 unspecified atom stereocenters. The molecule has 22 heavy (non-hydrogen) atoms. The molecule has 0 aliphatic carbocycles. The van der Waals surface area contributed by atoms with Crippen LogP contribution in [0, 0.1) is 0 Å². The predicted molar refractivity (Wildman–Crippen MR) is 92.3 cm³/mol. The van der Waals surface area contributed by atoms with Crippen LogP contribution >= 0.6 is 23.4 Å². The zero-order valence-electron chi connectivity index (χ0n) is 12.5. The highest BCUT2D eigenvalue weighted by Gasteiger charge is 2.25. The molecule has 0 N–H and O–H groups in total. The normalized spacial score (nSPS) is 15.3. The summed E-state index contributed by atoms with van der Waals surface area (Å²) >= 11 is 7.71. The summed E-state index contributed by atoms with van der Waals surface area (Å²) in [7, 11) is 0.